The van der Waals surface area contributed by atoms with Crippen LogP contribution in [0.15, 0.2) is 12.3 Å². The molecule has 0 fully saturated rings. The summed E-state index contributed by atoms with van der Waals surface area (Å²) in [5, 5.41) is 0. The normalized spacial score (nSPS) is 24.7. The van der Waals surface area contributed by atoms with E-state index in [0.717, 1.165) is 17.7 Å². The molecule has 0 bridgehead atoms. The van der Waals surface area contributed by atoms with Gasteiger partial charge >= 0.3 is 5.97 Å². The zero-order valence-corrected chi connectivity index (χ0v) is 8.82. The molecule has 0 spiro atoms. The molecule has 82 valence electrons. The summed E-state index contributed by atoms with van der Waals surface area (Å²) in [4.78, 5) is 14.8. The first kappa shape index (κ1) is 10.2. The smallest absolute Gasteiger partial charge is 0.313 e. The van der Waals surface area contributed by atoms with Gasteiger partial charge in [-0.25, -0.2) is 0 Å². The van der Waals surface area contributed by atoms with Crippen LogP contribution in [0.25, 0.3) is 0 Å². The first-order chi connectivity index (χ1) is 7.22. The predicted octanol–water partition coefficient (Wildman–Crippen LogP) is 0.935. The maximum absolute atomic E-state index is 11.7. The van der Waals surface area contributed by atoms with Crippen LogP contribution in [0.2, 0.25) is 0 Å². The number of H-pyrrole nitrogens is 1. The van der Waals surface area contributed by atoms with Crippen molar-refractivity contribution in [2.45, 2.75) is 31.7 Å². The van der Waals surface area contributed by atoms with Gasteiger partial charge in [0.25, 0.3) is 0 Å². The van der Waals surface area contributed by atoms with Crippen LogP contribution in [-0.4, -0.2) is 23.6 Å². The zero-order chi connectivity index (χ0) is 10.8. The fraction of sp³-hybridized carbons (Fsp3) is 0.545. The highest BCUT2D eigenvalue weighted by molar-refractivity contribution is 5.79. The van der Waals surface area contributed by atoms with E-state index in [0.29, 0.717) is 13.0 Å². The number of nitrogens with one attached hydrogen (secondary N) is 1. The molecule has 1 heterocycles. The van der Waals surface area contributed by atoms with Crippen LogP contribution in [0, 0.1) is 0 Å². The van der Waals surface area contributed by atoms with Crippen molar-refractivity contribution in [2.24, 2.45) is 5.73 Å². The van der Waals surface area contributed by atoms with E-state index in [2.05, 4.69) is 4.98 Å². The molecule has 1 aliphatic carbocycles. The molecule has 0 saturated carbocycles. The number of nitrogens with two attached hydrogens (primary N) is 1. The number of carbonyl (C=O) groups is 1. The molecule has 2 atom stereocenters. The van der Waals surface area contributed by atoms with Crippen molar-refractivity contribution in [3.05, 3.63) is 23.5 Å². The Morgan fingerprint density at radius 2 is 2.53 bits per heavy atom. The summed E-state index contributed by atoms with van der Waals surface area (Å²) in [7, 11) is 0. The lowest BCUT2D eigenvalue weighted by molar-refractivity contribution is -0.145. The van der Waals surface area contributed by atoms with Gasteiger partial charge in [0.1, 0.15) is 0 Å². The molecule has 4 nitrogen and oxygen atoms in total. The van der Waals surface area contributed by atoms with Crippen molar-refractivity contribution in [3.8, 4) is 0 Å². The summed E-state index contributed by atoms with van der Waals surface area (Å²) in [6.07, 6.45) is 3.36. The SMILES string of the molecule is CCOC(=O)C1CC(N)Cc2[nH]ccc21. The molecule has 0 aliphatic heterocycles. The largest absolute Gasteiger partial charge is 0.466 e. The summed E-state index contributed by atoms with van der Waals surface area (Å²) >= 11 is 0. The highest BCUT2D eigenvalue weighted by Crippen LogP contribution is 2.31. The van der Waals surface area contributed by atoms with E-state index >= 15 is 0 Å². The van der Waals surface area contributed by atoms with E-state index in [-0.39, 0.29) is 17.9 Å². The van der Waals surface area contributed by atoms with E-state index in [9.17, 15) is 4.79 Å². The highest BCUT2D eigenvalue weighted by Gasteiger charge is 2.31. The van der Waals surface area contributed by atoms with Gasteiger partial charge in [0.15, 0.2) is 0 Å². The molecule has 3 N–H and O–H groups in total. The number of ether oxygens (including phenoxy) is 1. The Balaban J connectivity index is 2.23. The zero-order valence-electron chi connectivity index (χ0n) is 8.82. The maximum Gasteiger partial charge on any atom is 0.313 e. The van der Waals surface area contributed by atoms with Crippen molar-refractivity contribution in [1.29, 1.82) is 0 Å². The molecule has 0 saturated heterocycles. The number of hydrogen-bond acceptors (Lipinski definition) is 3. The first-order valence-electron chi connectivity index (χ1n) is 5.30. The van der Waals surface area contributed by atoms with Crippen LogP contribution in [0.3, 0.4) is 0 Å². The number of fused-ring (bicyclic) bond motifs is 1. The Labute approximate surface area is 88.8 Å². The maximum atomic E-state index is 11.7. The average molecular weight is 208 g/mol. The summed E-state index contributed by atoms with van der Waals surface area (Å²) in [6, 6.07) is 1.99. The highest BCUT2D eigenvalue weighted by atomic mass is 16.5. The van der Waals surface area contributed by atoms with E-state index in [4.69, 9.17) is 10.5 Å². The third-order valence-electron chi connectivity index (χ3n) is 2.82. The molecular weight excluding hydrogens is 192 g/mol. The van der Waals surface area contributed by atoms with Gasteiger partial charge < -0.3 is 15.5 Å². The minimum atomic E-state index is -0.185. The van der Waals surface area contributed by atoms with Gasteiger partial charge in [-0.2, -0.15) is 0 Å². The molecule has 1 aliphatic rings. The van der Waals surface area contributed by atoms with Gasteiger partial charge in [-0.3, -0.25) is 4.79 Å². The van der Waals surface area contributed by atoms with Crippen LogP contribution < -0.4 is 5.73 Å². The van der Waals surface area contributed by atoms with E-state index in [1.54, 1.807) is 0 Å². The lowest BCUT2D eigenvalue weighted by Crippen LogP contribution is -2.33. The van der Waals surface area contributed by atoms with Crippen molar-refractivity contribution in [2.75, 3.05) is 6.61 Å². The Morgan fingerprint density at radius 3 is 3.27 bits per heavy atom. The molecule has 2 unspecified atom stereocenters. The second-order valence-electron chi connectivity index (χ2n) is 3.92. The predicted molar refractivity (Wildman–Crippen MR) is 56.5 cm³/mol. The van der Waals surface area contributed by atoms with Gasteiger partial charge in [-0.05, 0) is 25.0 Å². The van der Waals surface area contributed by atoms with Gasteiger partial charge in [-0.1, -0.05) is 0 Å². The van der Waals surface area contributed by atoms with E-state index in [1.165, 1.54) is 0 Å². The van der Waals surface area contributed by atoms with E-state index < -0.39 is 0 Å². The second-order valence-corrected chi connectivity index (χ2v) is 3.92. The van der Waals surface area contributed by atoms with Crippen LogP contribution in [0.5, 0.6) is 0 Å². The quantitative estimate of drug-likeness (QED) is 0.710. The molecule has 0 amide bonds. The summed E-state index contributed by atoms with van der Waals surface area (Å²) in [5.41, 5.74) is 8.03. The van der Waals surface area contributed by atoms with Gasteiger partial charge in [0.05, 0.1) is 12.5 Å². The monoisotopic (exact) mass is 208 g/mol. The molecule has 2 rings (SSSR count). The standard InChI is InChI=1S/C11H16N2O2/c1-2-15-11(14)9-5-7(12)6-10-8(9)3-4-13-10/h3-4,7,9,13H,2,5-6,12H2,1H3. The number of carbonyl (C=O) groups excluding carboxylic acids is 1. The fourth-order valence-corrected chi connectivity index (χ4v) is 2.16. The minimum Gasteiger partial charge on any atom is -0.466 e. The number of aromatic nitrogens is 1. The number of esters is 1. The number of aromatic amines is 1. The van der Waals surface area contributed by atoms with Crippen LogP contribution >= 0.6 is 0 Å². The van der Waals surface area contributed by atoms with Gasteiger partial charge in [0, 0.05) is 24.4 Å². The second kappa shape index (κ2) is 4.06. The van der Waals surface area contributed by atoms with Crippen molar-refractivity contribution in [1.82, 2.24) is 4.98 Å². The Bertz CT molecular complexity index is 359. The number of hydrogen-bond donors (Lipinski definition) is 2. The van der Waals surface area contributed by atoms with Crippen molar-refractivity contribution < 1.29 is 9.53 Å². The minimum absolute atomic E-state index is 0.0468. The third-order valence-corrected chi connectivity index (χ3v) is 2.82. The van der Waals surface area contributed by atoms with Crippen molar-refractivity contribution in [3.63, 3.8) is 0 Å². The summed E-state index contributed by atoms with van der Waals surface area (Å²) < 4.78 is 5.05. The third kappa shape index (κ3) is 1.90. The van der Waals surface area contributed by atoms with Crippen LogP contribution in [0.4, 0.5) is 0 Å². The van der Waals surface area contributed by atoms with Crippen molar-refractivity contribution >= 4 is 5.97 Å². The summed E-state index contributed by atoms with van der Waals surface area (Å²) in [5.74, 6) is -0.344. The van der Waals surface area contributed by atoms with Gasteiger partial charge in [-0.15, -0.1) is 0 Å². The molecule has 0 radical (unpaired) electrons. The lowest BCUT2D eigenvalue weighted by atomic mass is 9.84. The Hall–Kier alpha value is -1.29. The Morgan fingerprint density at radius 1 is 1.73 bits per heavy atom. The molecule has 1 aromatic rings. The Kier molecular flexibility index (Phi) is 2.77. The molecular formula is C11H16N2O2. The van der Waals surface area contributed by atoms with E-state index in [1.807, 2.05) is 19.2 Å². The fourth-order valence-electron chi connectivity index (χ4n) is 2.16. The van der Waals surface area contributed by atoms with Gasteiger partial charge in [0.2, 0.25) is 0 Å². The molecule has 1 aromatic heterocycles. The molecule has 4 heteroatoms. The van der Waals surface area contributed by atoms with Crippen LogP contribution in [-0.2, 0) is 16.0 Å². The summed E-state index contributed by atoms with van der Waals surface area (Å²) in [6.45, 7) is 2.24. The average Bonchev–Trinajstić information content (AvgIpc) is 2.64. The topological polar surface area (TPSA) is 68.1 Å². The molecule has 0 aromatic carbocycles. The molecule has 15 heavy (non-hydrogen) atoms. The van der Waals surface area contributed by atoms with Crippen LogP contribution in [0.1, 0.15) is 30.5 Å². The number of rotatable bonds is 2. The first-order valence-corrected chi connectivity index (χ1v) is 5.30. The lowest BCUT2D eigenvalue weighted by Gasteiger charge is -2.25.